The van der Waals surface area contributed by atoms with Crippen LogP contribution in [0.5, 0.6) is 5.75 Å². The van der Waals surface area contributed by atoms with Crippen molar-refractivity contribution in [1.82, 2.24) is 4.90 Å². The number of likely N-dealkylation sites (tertiary alicyclic amines) is 1. The van der Waals surface area contributed by atoms with Crippen LogP contribution < -0.4 is 4.74 Å². The Labute approximate surface area is 158 Å². The van der Waals surface area contributed by atoms with Crippen molar-refractivity contribution in [3.8, 4) is 5.75 Å². The number of aliphatic hydroxyl groups is 1. The minimum absolute atomic E-state index is 0.0382. The summed E-state index contributed by atoms with van der Waals surface area (Å²) in [6.45, 7) is 5.53. The second-order valence-electron chi connectivity index (χ2n) is 7.40. The highest BCUT2D eigenvalue weighted by molar-refractivity contribution is 7.85. The molecule has 0 aromatic heterocycles. The Morgan fingerprint density at radius 2 is 1.81 bits per heavy atom. The zero-order valence-electron chi connectivity index (χ0n) is 15.7. The Morgan fingerprint density at radius 3 is 2.33 bits per heavy atom. The van der Waals surface area contributed by atoms with E-state index in [4.69, 9.17) is 9.29 Å². The number of rotatable bonds is 2. The van der Waals surface area contributed by atoms with Gasteiger partial charge in [-0.1, -0.05) is 6.42 Å². The third kappa shape index (κ3) is 5.61. The molecule has 0 spiro atoms. The first-order chi connectivity index (χ1) is 12.4. The first kappa shape index (κ1) is 21.5. The summed E-state index contributed by atoms with van der Waals surface area (Å²) in [6, 6.07) is 4.41. The van der Waals surface area contributed by atoms with Crippen molar-refractivity contribution in [2.75, 3.05) is 19.3 Å². The number of ether oxygens (including phenoxy) is 1. The van der Waals surface area contributed by atoms with Gasteiger partial charge in [0.15, 0.2) is 0 Å². The molecule has 1 fully saturated rings. The van der Waals surface area contributed by atoms with E-state index in [1.54, 1.807) is 12.1 Å². The predicted octanol–water partition coefficient (Wildman–Crippen LogP) is 2.16. The Hall–Kier alpha value is -1.75. The van der Waals surface area contributed by atoms with Gasteiger partial charge in [-0.3, -0.25) is 19.6 Å². The van der Waals surface area contributed by atoms with Crippen molar-refractivity contribution in [3.05, 3.63) is 33.9 Å². The summed E-state index contributed by atoms with van der Waals surface area (Å²) in [7, 11) is -3.67. The molecule has 3 rings (SSSR count). The number of nitrogens with zero attached hydrogens (tertiary/aromatic N) is 2. The van der Waals surface area contributed by atoms with Gasteiger partial charge in [0.05, 0.1) is 17.2 Å². The summed E-state index contributed by atoms with van der Waals surface area (Å²) < 4.78 is 31.8. The van der Waals surface area contributed by atoms with E-state index in [1.165, 1.54) is 12.5 Å². The fourth-order valence-corrected chi connectivity index (χ4v) is 3.46. The standard InChI is InChI=1S/C16H22N2O4.CH4O3S/c1-16(2)15(19)14(17-8-4-3-5-9-17)12-10-11(18(20)21)6-7-13(12)22-16;1-5(2,3)4/h6-7,10,14-15,19H,3-5,8-9H2,1-2H3;1H3,(H,2,3,4)/t14-,15+;/m1./s1. The molecule has 1 saturated heterocycles. The maximum absolute atomic E-state index is 11.1. The SMILES string of the molecule is CC1(C)Oc2ccc([N+](=O)[O-])cc2[C@@H](N2CCCCC2)[C@@H]1O.CS(=O)(=O)O. The van der Waals surface area contributed by atoms with E-state index in [-0.39, 0.29) is 11.7 Å². The normalized spacial score (nSPS) is 24.8. The van der Waals surface area contributed by atoms with Gasteiger partial charge in [0.1, 0.15) is 17.5 Å². The number of hydrogen-bond acceptors (Lipinski definition) is 7. The molecule has 0 aliphatic carbocycles. The largest absolute Gasteiger partial charge is 0.485 e. The lowest BCUT2D eigenvalue weighted by Gasteiger charge is -2.47. The first-order valence-electron chi connectivity index (χ1n) is 8.72. The lowest BCUT2D eigenvalue weighted by atomic mass is 9.84. The minimum Gasteiger partial charge on any atom is -0.485 e. The maximum atomic E-state index is 11.1. The van der Waals surface area contributed by atoms with Crippen molar-refractivity contribution >= 4 is 15.8 Å². The molecule has 2 heterocycles. The van der Waals surface area contributed by atoms with Crippen molar-refractivity contribution in [3.63, 3.8) is 0 Å². The number of piperidine rings is 1. The Morgan fingerprint density at radius 1 is 1.26 bits per heavy atom. The molecule has 152 valence electrons. The lowest BCUT2D eigenvalue weighted by molar-refractivity contribution is -0.385. The molecule has 0 amide bonds. The highest BCUT2D eigenvalue weighted by atomic mass is 32.2. The number of benzene rings is 1. The van der Waals surface area contributed by atoms with E-state index in [0.717, 1.165) is 31.5 Å². The molecule has 2 atom stereocenters. The molecule has 0 radical (unpaired) electrons. The number of nitro groups is 1. The molecule has 0 saturated carbocycles. The minimum atomic E-state index is -3.67. The van der Waals surface area contributed by atoms with Crippen LogP contribution in [0.15, 0.2) is 18.2 Å². The van der Waals surface area contributed by atoms with Crippen LogP contribution in [0.2, 0.25) is 0 Å². The van der Waals surface area contributed by atoms with Gasteiger partial charge in [-0.15, -0.1) is 0 Å². The van der Waals surface area contributed by atoms with Crippen molar-refractivity contribution < 1.29 is 27.7 Å². The molecule has 2 aliphatic rings. The number of non-ortho nitro benzene ring substituents is 1. The van der Waals surface area contributed by atoms with Crippen LogP contribution >= 0.6 is 0 Å². The third-order valence-electron chi connectivity index (χ3n) is 4.69. The second kappa shape index (κ2) is 8.09. The van der Waals surface area contributed by atoms with Gasteiger partial charge in [-0.25, -0.2) is 0 Å². The van der Waals surface area contributed by atoms with E-state index < -0.39 is 26.7 Å². The van der Waals surface area contributed by atoms with Crippen LogP contribution in [0.3, 0.4) is 0 Å². The second-order valence-corrected chi connectivity index (χ2v) is 8.87. The Kier molecular flexibility index (Phi) is 6.46. The van der Waals surface area contributed by atoms with Crippen LogP contribution in [-0.2, 0) is 10.1 Å². The van der Waals surface area contributed by atoms with Gasteiger partial charge in [-0.2, -0.15) is 8.42 Å². The van der Waals surface area contributed by atoms with Gasteiger partial charge < -0.3 is 9.84 Å². The smallest absolute Gasteiger partial charge is 0.270 e. The molecule has 2 aliphatic heterocycles. The molecule has 2 N–H and O–H groups in total. The van der Waals surface area contributed by atoms with Crippen molar-refractivity contribution in [2.45, 2.75) is 50.9 Å². The number of hydrogen-bond donors (Lipinski definition) is 2. The lowest BCUT2D eigenvalue weighted by Crippen LogP contribution is -2.54. The van der Waals surface area contributed by atoms with Crippen molar-refractivity contribution in [1.29, 1.82) is 0 Å². The summed E-state index contributed by atoms with van der Waals surface area (Å²) in [6.07, 6.45) is 3.37. The molecular formula is C17H26N2O7S. The zero-order chi connectivity index (χ0) is 20.4. The number of nitro benzene ring substituents is 1. The molecule has 0 bridgehead atoms. The van der Waals surface area contributed by atoms with Crippen molar-refractivity contribution in [2.24, 2.45) is 0 Å². The molecule has 27 heavy (non-hydrogen) atoms. The molecule has 1 aromatic carbocycles. The average Bonchev–Trinajstić information content (AvgIpc) is 2.54. The molecule has 0 unspecified atom stereocenters. The van der Waals surface area contributed by atoms with Gasteiger partial charge in [-0.05, 0) is 45.8 Å². The van der Waals surface area contributed by atoms with E-state index >= 15 is 0 Å². The van der Waals surface area contributed by atoms with Crippen LogP contribution in [0.25, 0.3) is 0 Å². The van der Waals surface area contributed by atoms with Crippen LogP contribution in [0.1, 0.15) is 44.7 Å². The van der Waals surface area contributed by atoms with E-state index in [0.29, 0.717) is 12.0 Å². The van der Waals surface area contributed by atoms with Gasteiger partial charge in [0, 0.05) is 17.7 Å². The fourth-order valence-electron chi connectivity index (χ4n) is 3.46. The van der Waals surface area contributed by atoms with E-state index in [9.17, 15) is 23.6 Å². The summed E-state index contributed by atoms with van der Waals surface area (Å²) in [5.41, 5.74) is 0.0461. The summed E-state index contributed by atoms with van der Waals surface area (Å²) >= 11 is 0. The van der Waals surface area contributed by atoms with E-state index in [1.807, 2.05) is 13.8 Å². The Bertz CT molecular complexity index is 780. The summed E-state index contributed by atoms with van der Waals surface area (Å²) in [4.78, 5) is 12.9. The quantitative estimate of drug-likeness (QED) is 0.437. The fraction of sp³-hybridized carbons (Fsp3) is 0.647. The van der Waals surface area contributed by atoms with Crippen LogP contribution in [0, 0.1) is 10.1 Å². The molecule has 10 heteroatoms. The summed E-state index contributed by atoms with van der Waals surface area (Å²) in [5.74, 6) is 0.636. The predicted molar refractivity (Wildman–Crippen MR) is 99.4 cm³/mol. The molecule has 9 nitrogen and oxygen atoms in total. The summed E-state index contributed by atoms with van der Waals surface area (Å²) in [5, 5.41) is 21.9. The molecular weight excluding hydrogens is 376 g/mol. The van der Waals surface area contributed by atoms with Gasteiger partial charge >= 0.3 is 0 Å². The maximum Gasteiger partial charge on any atom is 0.270 e. The molecule has 1 aromatic rings. The van der Waals surface area contributed by atoms with Crippen LogP contribution in [-0.4, -0.2) is 59.0 Å². The highest BCUT2D eigenvalue weighted by Crippen LogP contribution is 2.44. The van der Waals surface area contributed by atoms with Gasteiger partial charge in [0.2, 0.25) is 0 Å². The Balaban J connectivity index is 0.000000465. The average molecular weight is 402 g/mol. The third-order valence-corrected chi connectivity index (χ3v) is 4.69. The van der Waals surface area contributed by atoms with Gasteiger partial charge in [0.25, 0.3) is 15.8 Å². The van der Waals surface area contributed by atoms with Crippen LogP contribution in [0.4, 0.5) is 5.69 Å². The number of aliphatic hydroxyl groups excluding tert-OH is 1. The first-order valence-corrected chi connectivity index (χ1v) is 10.6. The highest BCUT2D eigenvalue weighted by Gasteiger charge is 2.46. The monoisotopic (exact) mass is 402 g/mol. The topological polar surface area (TPSA) is 130 Å². The van der Waals surface area contributed by atoms with E-state index in [2.05, 4.69) is 4.90 Å². The number of fused-ring (bicyclic) bond motifs is 1. The zero-order valence-corrected chi connectivity index (χ0v) is 16.5.